The lowest BCUT2D eigenvalue weighted by atomic mass is 10.2. The fraction of sp³-hybridized carbons (Fsp3) is 0.571. The molecule has 16 heavy (non-hydrogen) atoms. The third-order valence-corrected chi connectivity index (χ3v) is 8.44. The van der Waals surface area contributed by atoms with E-state index in [4.69, 9.17) is 4.43 Å². The summed E-state index contributed by atoms with van der Waals surface area (Å²) in [5.74, 6) is 0. The number of rotatable bonds is 5. The minimum absolute atomic E-state index is 0.935. The summed E-state index contributed by atoms with van der Waals surface area (Å²) in [6.07, 6.45) is 3.90. The Balaban J connectivity index is 1.79. The van der Waals surface area contributed by atoms with Crippen molar-refractivity contribution in [3.8, 4) is 0 Å². The van der Waals surface area contributed by atoms with Crippen molar-refractivity contribution in [3.63, 3.8) is 0 Å². The molecule has 1 heterocycles. The summed E-state index contributed by atoms with van der Waals surface area (Å²) in [5, 5.41) is 0. The predicted octanol–water partition coefficient (Wildman–Crippen LogP) is 4.00. The van der Waals surface area contributed by atoms with E-state index < -0.39 is 8.32 Å². The van der Waals surface area contributed by atoms with Crippen molar-refractivity contribution in [3.05, 3.63) is 35.9 Å². The Hall–Kier alpha value is -0.603. The lowest BCUT2D eigenvalue weighted by Crippen LogP contribution is -2.34. The van der Waals surface area contributed by atoms with Gasteiger partial charge in [-0.2, -0.15) is 0 Å². The Bertz CT molecular complexity index is 304. The molecule has 1 saturated heterocycles. The average Bonchev–Trinajstić information content (AvgIpc) is 2.80. The molecule has 0 radical (unpaired) electrons. The van der Waals surface area contributed by atoms with Gasteiger partial charge < -0.3 is 4.43 Å². The maximum atomic E-state index is 6.28. The molecule has 0 saturated carbocycles. The third kappa shape index (κ3) is 2.95. The Morgan fingerprint density at radius 1 is 1.12 bits per heavy atom. The standard InChI is InChI=1S/C14H22OSi/c1-2-16(12-6-7-13-16)15-11-10-14-8-4-3-5-9-14/h3-5,8-9H,2,6-7,10-13H2,1H3. The van der Waals surface area contributed by atoms with Gasteiger partial charge in [0, 0.05) is 6.61 Å². The summed E-state index contributed by atoms with van der Waals surface area (Å²) >= 11 is 0. The van der Waals surface area contributed by atoms with Gasteiger partial charge in [-0.25, -0.2) is 0 Å². The van der Waals surface area contributed by atoms with Gasteiger partial charge in [-0.3, -0.25) is 0 Å². The van der Waals surface area contributed by atoms with E-state index in [-0.39, 0.29) is 0 Å². The molecular formula is C14H22OSi. The lowest BCUT2D eigenvalue weighted by Gasteiger charge is -2.25. The van der Waals surface area contributed by atoms with Crippen molar-refractivity contribution in [2.45, 2.75) is 44.3 Å². The Morgan fingerprint density at radius 2 is 1.81 bits per heavy atom. The van der Waals surface area contributed by atoms with Gasteiger partial charge in [-0.15, -0.1) is 0 Å². The molecule has 1 nitrogen and oxygen atoms in total. The number of hydrogen-bond acceptors (Lipinski definition) is 1. The van der Waals surface area contributed by atoms with Crippen LogP contribution in [0.2, 0.25) is 18.1 Å². The molecule has 1 aromatic carbocycles. The molecule has 0 aromatic heterocycles. The van der Waals surface area contributed by atoms with E-state index in [2.05, 4.69) is 37.3 Å². The zero-order chi connectivity index (χ0) is 11.3. The molecule has 0 atom stereocenters. The molecule has 0 N–H and O–H groups in total. The van der Waals surface area contributed by atoms with Gasteiger partial charge in [0.2, 0.25) is 0 Å². The SMILES string of the molecule is CC[Si]1(OCCc2ccccc2)CCCC1. The van der Waals surface area contributed by atoms with Gasteiger partial charge in [0.25, 0.3) is 0 Å². The highest BCUT2D eigenvalue weighted by atomic mass is 28.4. The first-order valence-corrected chi connectivity index (χ1v) is 9.05. The molecule has 0 aliphatic carbocycles. The molecule has 1 aliphatic rings. The minimum Gasteiger partial charge on any atom is -0.416 e. The Labute approximate surface area is 100.0 Å². The second-order valence-electron chi connectivity index (χ2n) is 4.83. The second-order valence-corrected chi connectivity index (χ2v) is 9.19. The van der Waals surface area contributed by atoms with E-state index in [0.29, 0.717) is 0 Å². The van der Waals surface area contributed by atoms with Crippen molar-refractivity contribution < 1.29 is 4.43 Å². The lowest BCUT2D eigenvalue weighted by molar-refractivity contribution is 0.306. The summed E-state index contributed by atoms with van der Waals surface area (Å²) in [6, 6.07) is 14.8. The quantitative estimate of drug-likeness (QED) is 0.700. The molecule has 1 aromatic rings. The van der Waals surface area contributed by atoms with Gasteiger partial charge >= 0.3 is 0 Å². The summed E-state index contributed by atoms with van der Waals surface area (Å²) in [4.78, 5) is 0. The highest BCUT2D eigenvalue weighted by Gasteiger charge is 2.36. The Kier molecular flexibility index (Phi) is 4.19. The van der Waals surface area contributed by atoms with E-state index in [1.54, 1.807) is 0 Å². The highest BCUT2D eigenvalue weighted by Crippen LogP contribution is 2.34. The van der Waals surface area contributed by atoms with Crippen LogP contribution < -0.4 is 0 Å². The monoisotopic (exact) mass is 234 g/mol. The highest BCUT2D eigenvalue weighted by molar-refractivity contribution is 6.74. The maximum Gasteiger partial charge on any atom is 0.192 e. The Morgan fingerprint density at radius 3 is 2.44 bits per heavy atom. The zero-order valence-corrected chi connectivity index (χ0v) is 11.2. The first-order valence-electron chi connectivity index (χ1n) is 6.52. The van der Waals surface area contributed by atoms with Crippen molar-refractivity contribution in [1.29, 1.82) is 0 Å². The van der Waals surface area contributed by atoms with Crippen LogP contribution in [0.15, 0.2) is 30.3 Å². The first kappa shape index (κ1) is 11.9. The van der Waals surface area contributed by atoms with E-state index in [1.165, 1.54) is 36.5 Å². The van der Waals surface area contributed by atoms with Crippen molar-refractivity contribution in [1.82, 2.24) is 0 Å². The van der Waals surface area contributed by atoms with Gasteiger partial charge in [-0.1, -0.05) is 50.1 Å². The average molecular weight is 234 g/mol. The van der Waals surface area contributed by atoms with Gasteiger partial charge in [0.1, 0.15) is 0 Å². The largest absolute Gasteiger partial charge is 0.416 e. The third-order valence-electron chi connectivity index (χ3n) is 3.80. The van der Waals surface area contributed by atoms with E-state index in [0.717, 1.165) is 13.0 Å². The van der Waals surface area contributed by atoms with Crippen molar-refractivity contribution in [2.24, 2.45) is 0 Å². The van der Waals surface area contributed by atoms with Crippen LogP contribution in [0.3, 0.4) is 0 Å². The molecule has 0 amide bonds. The van der Waals surface area contributed by atoms with Crippen molar-refractivity contribution in [2.75, 3.05) is 6.61 Å². The second kappa shape index (κ2) is 5.64. The molecule has 88 valence electrons. The van der Waals surface area contributed by atoms with Gasteiger partial charge in [0.15, 0.2) is 8.32 Å². The fourth-order valence-electron chi connectivity index (χ4n) is 2.65. The van der Waals surface area contributed by atoms with Crippen LogP contribution >= 0.6 is 0 Å². The molecule has 2 heteroatoms. The topological polar surface area (TPSA) is 9.23 Å². The van der Waals surface area contributed by atoms with Crippen LogP contribution in [0.25, 0.3) is 0 Å². The minimum atomic E-state index is -1.26. The summed E-state index contributed by atoms with van der Waals surface area (Å²) in [6.45, 7) is 3.25. The summed E-state index contributed by atoms with van der Waals surface area (Å²) < 4.78 is 6.28. The summed E-state index contributed by atoms with van der Waals surface area (Å²) in [7, 11) is -1.26. The smallest absolute Gasteiger partial charge is 0.192 e. The maximum absolute atomic E-state index is 6.28. The van der Waals surface area contributed by atoms with Crippen LogP contribution in [0.5, 0.6) is 0 Å². The number of benzene rings is 1. The van der Waals surface area contributed by atoms with Crippen LogP contribution in [0.1, 0.15) is 25.3 Å². The van der Waals surface area contributed by atoms with Gasteiger partial charge in [-0.05, 0) is 30.1 Å². The molecule has 1 fully saturated rings. The normalized spacial score (nSPS) is 18.8. The predicted molar refractivity (Wildman–Crippen MR) is 71.2 cm³/mol. The van der Waals surface area contributed by atoms with Gasteiger partial charge in [0.05, 0.1) is 0 Å². The van der Waals surface area contributed by atoms with Crippen LogP contribution in [-0.2, 0) is 10.8 Å². The van der Waals surface area contributed by atoms with Crippen LogP contribution in [0, 0.1) is 0 Å². The zero-order valence-electron chi connectivity index (χ0n) is 10.2. The molecular weight excluding hydrogens is 212 g/mol. The summed E-state index contributed by atoms with van der Waals surface area (Å²) in [5.41, 5.74) is 1.40. The fourth-order valence-corrected chi connectivity index (χ4v) is 6.42. The molecule has 0 spiro atoms. The molecule has 2 rings (SSSR count). The van der Waals surface area contributed by atoms with Crippen molar-refractivity contribution >= 4 is 8.32 Å². The molecule has 0 bridgehead atoms. The first-order chi connectivity index (χ1) is 7.85. The molecule has 1 aliphatic heterocycles. The van der Waals surface area contributed by atoms with E-state index >= 15 is 0 Å². The number of hydrogen-bond donors (Lipinski definition) is 0. The van der Waals surface area contributed by atoms with E-state index in [1.807, 2.05) is 0 Å². The van der Waals surface area contributed by atoms with E-state index in [9.17, 15) is 0 Å². The van der Waals surface area contributed by atoms with Crippen LogP contribution in [0.4, 0.5) is 0 Å². The van der Waals surface area contributed by atoms with Crippen LogP contribution in [-0.4, -0.2) is 14.9 Å². The molecule has 0 unspecified atom stereocenters.